The summed E-state index contributed by atoms with van der Waals surface area (Å²) in [7, 11) is 0. The van der Waals surface area contributed by atoms with Crippen LogP contribution in [0.5, 0.6) is 5.75 Å². The predicted octanol–water partition coefficient (Wildman–Crippen LogP) is 3.98. The lowest BCUT2D eigenvalue weighted by molar-refractivity contribution is 0.0466. The van der Waals surface area contributed by atoms with Crippen molar-refractivity contribution in [1.29, 1.82) is 5.26 Å². The van der Waals surface area contributed by atoms with Gasteiger partial charge in [-0.1, -0.05) is 33.3 Å². The zero-order valence-electron chi connectivity index (χ0n) is 12.6. The number of benzene rings is 1. The van der Waals surface area contributed by atoms with Gasteiger partial charge in [0.05, 0.1) is 11.3 Å². The monoisotopic (exact) mass is 272 g/mol. The van der Waals surface area contributed by atoms with Crippen LogP contribution in [0.15, 0.2) is 18.2 Å². The van der Waals surface area contributed by atoms with Crippen LogP contribution in [0.1, 0.15) is 45.6 Å². The minimum atomic E-state index is 0.204. The fourth-order valence-corrected chi connectivity index (χ4v) is 3.16. The Morgan fingerprint density at radius 3 is 2.75 bits per heavy atom. The number of ether oxygens (including phenoxy) is 1. The molecule has 1 fully saturated rings. The van der Waals surface area contributed by atoms with E-state index >= 15 is 0 Å². The second-order valence-electron chi connectivity index (χ2n) is 6.31. The fourth-order valence-electron chi connectivity index (χ4n) is 3.16. The van der Waals surface area contributed by atoms with Crippen molar-refractivity contribution in [2.75, 3.05) is 5.73 Å². The zero-order chi connectivity index (χ0) is 14.7. The minimum absolute atomic E-state index is 0.204. The Bertz CT molecular complexity index is 504. The highest BCUT2D eigenvalue weighted by Crippen LogP contribution is 2.37. The molecule has 2 rings (SSSR count). The quantitative estimate of drug-likeness (QED) is 0.847. The molecule has 20 heavy (non-hydrogen) atoms. The Hall–Kier alpha value is -1.69. The molecule has 0 saturated heterocycles. The second-order valence-corrected chi connectivity index (χ2v) is 6.31. The molecule has 108 valence electrons. The summed E-state index contributed by atoms with van der Waals surface area (Å²) in [5, 5.41) is 9.05. The van der Waals surface area contributed by atoms with Crippen LogP contribution in [0.3, 0.4) is 0 Å². The van der Waals surface area contributed by atoms with Gasteiger partial charge in [0.1, 0.15) is 17.9 Å². The van der Waals surface area contributed by atoms with Gasteiger partial charge in [0, 0.05) is 0 Å². The summed E-state index contributed by atoms with van der Waals surface area (Å²) in [5.74, 6) is 2.52. The van der Waals surface area contributed by atoms with Crippen LogP contribution in [0.4, 0.5) is 5.69 Å². The molecule has 1 aromatic carbocycles. The zero-order valence-corrected chi connectivity index (χ0v) is 12.6. The molecule has 1 aliphatic carbocycles. The molecule has 0 spiro atoms. The number of nitrogens with two attached hydrogens (primary N) is 1. The first-order valence-corrected chi connectivity index (χ1v) is 7.48. The summed E-state index contributed by atoms with van der Waals surface area (Å²) in [6, 6.07) is 7.54. The number of anilines is 1. The van der Waals surface area contributed by atoms with E-state index in [4.69, 9.17) is 15.7 Å². The molecule has 0 radical (unpaired) electrons. The van der Waals surface area contributed by atoms with Gasteiger partial charge in [-0.3, -0.25) is 0 Å². The molecule has 0 amide bonds. The van der Waals surface area contributed by atoms with Crippen molar-refractivity contribution in [3.63, 3.8) is 0 Å². The van der Waals surface area contributed by atoms with Gasteiger partial charge in [0.15, 0.2) is 0 Å². The lowest BCUT2D eigenvalue weighted by Gasteiger charge is -2.37. The Kier molecular flexibility index (Phi) is 4.54. The van der Waals surface area contributed by atoms with Crippen LogP contribution in [0.2, 0.25) is 0 Å². The Morgan fingerprint density at radius 1 is 1.35 bits per heavy atom. The third-order valence-electron chi connectivity index (χ3n) is 4.43. The van der Waals surface area contributed by atoms with Gasteiger partial charge in [0.2, 0.25) is 0 Å². The Balaban J connectivity index is 2.20. The summed E-state index contributed by atoms with van der Waals surface area (Å²) < 4.78 is 6.20. The number of rotatable bonds is 3. The smallest absolute Gasteiger partial charge is 0.143 e. The van der Waals surface area contributed by atoms with Crippen LogP contribution < -0.4 is 10.5 Å². The van der Waals surface area contributed by atoms with E-state index < -0.39 is 0 Å². The van der Waals surface area contributed by atoms with E-state index in [0.29, 0.717) is 34.8 Å². The number of hydrogen-bond acceptors (Lipinski definition) is 3. The van der Waals surface area contributed by atoms with E-state index in [0.717, 1.165) is 6.42 Å². The number of hydrogen-bond donors (Lipinski definition) is 1. The van der Waals surface area contributed by atoms with E-state index in [1.165, 1.54) is 12.8 Å². The van der Waals surface area contributed by atoms with Crippen molar-refractivity contribution in [3.8, 4) is 11.8 Å². The summed E-state index contributed by atoms with van der Waals surface area (Å²) in [6.07, 6.45) is 3.76. The summed E-state index contributed by atoms with van der Waals surface area (Å²) >= 11 is 0. The number of para-hydroxylation sites is 1. The van der Waals surface area contributed by atoms with Crippen molar-refractivity contribution in [2.45, 2.75) is 46.1 Å². The minimum Gasteiger partial charge on any atom is -0.488 e. The molecule has 0 heterocycles. The van der Waals surface area contributed by atoms with Gasteiger partial charge in [-0.2, -0.15) is 5.26 Å². The maximum absolute atomic E-state index is 9.05. The highest BCUT2D eigenvalue weighted by Gasteiger charge is 2.32. The predicted molar refractivity (Wildman–Crippen MR) is 81.3 cm³/mol. The normalized spacial score (nSPS) is 26.2. The van der Waals surface area contributed by atoms with Crippen molar-refractivity contribution < 1.29 is 4.74 Å². The lowest BCUT2D eigenvalue weighted by Crippen LogP contribution is -2.36. The third kappa shape index (κ3) is 3.07. The highest BCUT2D eigenvalue weighted by molar-refractivity contribution is 5.63. The largest absolute Gasteiger partial charge is 0.488 e. The van der Waals surface area contributed by atoms with Crippen LogP contribution in [0.25, 0.3) is 0 Å². The summed E-state index contributed by atoms with van der Waals surface area (Å²) in [4.78, 5) is 0. The highest BCUT2D eigenvalue weighted by atomic mass is 16.5. The van der Waals surface area contributed by atoms with Gasteiger partial charge < -0.3 is 10.5 Å². The molecule has 3 atom stereocenters. The van der Waals surface area contributed by atoms with Gasteiger partial charge in [-0.25, -0.2) is 0 Å². The van der Waals surface area contributed by atoms with Gasteiger partial charge in [-0.05, 0) is 42.7 Å². The Morgan fingerprint density at radius 2 is 2.10 bits per heavy atom. The maximum Gasteiger partial charge on any atom is 0.143 e. The fraction of sp³-hybridized carbons (Fsp3) is 0.588. The topological polar surface area (TPSA) is 59.0 Å². The molecule has 0 aliphatic heterocycles. The van der Waals surface area contributed by atoms with Crippen LogP contribution in [0, 0.1) is 29.1 Å². The first kappa shape index (κ1) is 14.7. The van der Waals surface area contributed by atoms with E-state index in [2.05, 4.69) is 26.8 Å². The van der Waals surface area contributed by atoms with Crippen LogP contribution in [-0.2, 0) is 0 Å². The van der Waals surface area contributed by atoms with Crippen molar-refractivity contribution in [3.05, 3.63) is 23.8 Å². The van der Waals surface area contributed by atoms with E-state index in [1.54, 1.807) is 6.07 Å². The SMILES string of the molecule is CC1CCC(C(C)C)C(Oc2cccc(C#N)c2N)C1. The molecule has 1 saturated carbocycles. The van der Waals surface area contributed by atoms with Gasteiger partial charge in [-0.15, -0.1) is 0 Å². The standard InChI is InChI=1S/C17H24N2O/c1-11(2)14-8-7-12(3)9-16(14)20-15-6-4-5-13(10-18)17(15)19/h4-6,11-12,14,16H,7-9,19H2,1-3H3. The summed E-state index contributed by atoms with van der Waals surface area (Å²) in [5.41, 5.74) is 6.98. The lowest BCUT2D eigenvalue weighted by atomic mass is 9.75. The molecule has 1 aromatic rings. The van der Waals surface area contributed by atoms with Crippen molar-refractivity contribution in [2.24, 2.45) is 17.8 Å². The van der Waals surface area contributed by atoms with E-state index in [-0.39, 0.29) is 6.10 Å². The maximum atomic E-state index is 9.05. The number of nitriles is 1. The molecule has 3 nitrogen and oxygen atoms in total. The number of nitrogens with zero attached hydrogens (tertiary/aromatic N) is 1. The first-order chi connectivity index (χ1) is 9.52. The van der Waals surface area contributed by atoms with Crippen LogP contribution >= 0.6 is 0 Å². The van der Waals surface area contributed by atoms with Gasteiger partial charge in [0.25, 0.3) is 0 Å². The molecule has 0 bridgehead atoms. The molecule has 3 heteroatoms. The Labute approximate surface area is 121 Å². The third-order valence-corrected chi connectivity index (χ3v) is 4.43. The molecule has 0 aromatic heterocycles. The second kappa shape index (κ2) is 6.17. The van der Waals surface area contributed by atoms with Crippen molar-refractivity contribution >= 4 is 5.69 Å². The van der Waals surface area contributed by atoms with E-state index in [1.807, 2.05) is 12.1 Å². The molecule has 1 aliphatic rings. The first-order valence-electron chi connectivity index (χ1n) is 7.48. The number of nitrogen functional groups attached to an aromatic ring is 1. The molecular formula is C17H24N2O. The van der Waals surface area contributed by atoms with E-state index in [9.17, 15) is 0 Å². The molecule has 3 unspecified atom stereocenters. The van der Waals surface area contributed by atoms with Crippen LogP contribution in [-0.4, -0.2) is 6.10 Å². The van der Waals surface area contributed by atoms with Gasteiger partial charge >= 0.3 is 0 Å². The molecule has 2 N–H and O–H groups in total. The average molecular weight is 272 g/mol. The molecular weight excluding hydrogens is 248 g/mol. The average Bonchev–Trinajstić information content (AvgIpc) is 2.41. The summed E-state index contributed by atoms with van der Waals surface area (Å²) in [6.45, 7) is 6.79. The van der Waals surface area contributed by atoms with Crippen molar-refractivity contribution in [1.82, 2.24) is 0 Å².